The number of hydrogen-bond acceptors (Lipinski definition) is 11. The van der Waals surface area contributed by atoms with Gasteiger partial charge in [0.2, 0.25) is 0 Å². The summed E-state index contributed by atoms with van der Waals surface area (Å²) in [6.07, 6.45) is 0. The average molecular weight is 598 g/mol. The number of nitrogens with one attached hydrogen (secondary N) is 2. The maximum atomic E-state index is 13.5. The molecule has 1 aliphatic carbocycles. The van der Waals surface area contributed by atoms with Crippen molar-refractivity contribution in [1.29, 1.82) is 0 Å². The van der Waals surface area contributed by atoms with Crippen LogP contribution < -0.4 is 16.4 Å². The molecule has 0 unspecified atom stereocenters. The van der Waals surface area contributed by atoms with Gasteiger partial charge in [0.15, 0.2) is 11.6 Å². The summed E-state index contributed by atoms with van der Waals surface area (Å²) in [7, 11) is -13.2. The molecule has 1 aliphatic rings. The van der Waals surface area contributed by atoms with Gasteiger partial charge in [0, 0.05) is 17.7 Å². The van der Waals surface area contributed by atoms with Gasteiger partial charge in [0.05, 0.1) is 33.1 Å². The largest absolute Gasteiger partial charge is 0.397 e. The predicted octanol–water partition coefficient (Wildman–Crippen LogP) is 1.25. The van der Waals surface area contributed by atoms with Gasteiger partial charge in [0.1, 0.15) is 9.79 Å². The van der Waals surface area contributed by atoms with Crippen LogP contribution in [0.25, 0.3) is 0 Å². The molecule has 0 saturated carbocycles. The molecule has 4 rings (SSSR count). The highest BCUT2D eigenvalue weighted by molar-refractivity contribution is 7.86. The smallest absolute Gasteiger partial charge is 0.296 e. The van der Waals surface area contributed by atoms with Gasteiger partial charge in [-0.2, -0.15) is 25.3 Å². The quantitative estimate of drug-likeness (QED) is 0.130. The summed E-state index contributed by atoms with van der Waals surface area (Å²) in [6, 6.07) is 7.02. The number of benzene rings is 3. The fraction of sp³-hybridized carbons (Fsp3) is 0.0909. The van der Waals surface area contributed by atoms with Crippen molar-refractivity contribution < 1.29 is 48.5 Å². The summed E-state index contributed by atoms with van der Waals surface area (Å²) in [5, 5.41) is 5.33. The van der Waals surface area contributed by atoms with Gasteiger partial charge in [-0.25, -0.2) is 0 Å². The lowest BCUT2D eigenvalue weighted by Gasteiger charge is -2.24. The first kappa shape index (κ1) is 28.3. The van der Waals surface area contributed by atoms with Crippen molar-refractivity contribution in [2.75, 3.05) is 18.1 Å². The molecule has 0 fully saturated rings. The average Bonchev–Trinajstić information content (AvgIpc) is 2.82. The zero-order chi connectivity index (χ0) is 29.1. The predicted molar refractivity (Wildman–Crippen MR) is 136 cm³/mol. The summed E-state index contributed by atoms with van der Waals surface area (Å²) >= 11 is 0. The van der Waals surface area contributed by atoms with Crippen LogP contribution in [0.1, 0.15) is 37.4 Å². The first-order valence-corrected chi connectivity index (χ1v) is 14.9. The molecule has 0 aliphatic heterocycles. The molecule has 0 saturated heterocycles. The van der Waals surface area contributed by atoms with Crippen molar-refractivity contribution in [3.8, 4) is 0 Å². The van der Waals surface area contributed by atoms with E-state index >= 15 is 0 Å². The van der Waals surface area contributed by atoms with Crippen LogP contribution >= 0.6 is 0 Å². The van der Waals surface area contributed by atoms with E-state index in [0.29, 0.717) is 17.7 Å². The number of ketones is 2. The number of hydrogen-bond donors (Lipinski definition) is 6. The van der Waals surface area contributed by atoms with E-state index < -0.39 is 84.7 Å². The molecule has 3 aromatic carbocycles. The number of nitrogen functional groups attached to an aromatic ring is 1. The second kappa shape index (κ2) is 9.49. The molecule has 0 bridgehead atoms. The molecule has 7 N–H and O–H groups in total. The zero-order valence-electron chi connectivity index (χ0n) is 19.7. The molecular weight excluding hydrogens is 578 g/mol. The molecule has 0 aromatic heterocycles. The Kier molecular flexibility index (Phi) is 6.88. The van der Waals surface area contributed by atoms with Crippen LogP contribution in [0, 0.1) is 0 Å². The highest BCUT2D eigenvalue weighted by Crippen LogP contribution is 2.41. The minimum Gasteiger partial charge on any atom is -0.397 e. The Morgan fingerprint density at radius 1 is 0.718 bits per heavy atom. The molecule has 17 heteroatoms. The van der Waals surface area contributed by atoms with Crippen molar-refractivity contribution in [3.05, 3.63) is 70.3 Å². The van der Waals surface area contributed by atoms with Crippen LogP contribution in [0.4, 0.5) is 17.1 Å². The molecule has 0 atom stereocenters. The molecule has 0 spiro atoms. The summed E-state index contributed by atoms with van der Waals surface area (Å²) in [5.74, 6) is -2.06. The van der Waals surface area contributed by atoms with Crippen LogP contribution in [0.3, 0.4) is 0 Å². The highest BCUT2D eigenvalue weighted by Gasteiger charge is 2.37. The first-order chi connectivity index (χ1) is 17.9. The molecule has 0 radical (unpaired) electrons. The minimum absolute atomic E-state index is 0.211. The third-order valence-corrected chi connectivity index (χ3v) is 8.45. The summed E-state index contributed by atoms with van der Waals surface area (Å²) in [6.45, 7) is 0.211. The Balaban J connectivity index is 2.03. The van der Waals surface area contributed by atoms with E-state index in [0.717, 1.165) is 18.2 Å². The molecule has 206 valence electrons. The van der Waals surface area contributed by atoms with Crippen LogP contribution in [0.2, 0.25) is 0 Å². The van der Waals surface area contributed by atoms with Crippen molar-refractivity contribution in [3.63, 3.8) is 0 Å². The van der Waals surface area contributed by atoms with E-state index in [9.17, 15) is 48.5 Å². The van der Waals surface area contributed by atoms with Crippen LogP contribution in [0.5, 0.6) is 0 Å². The van der Waals surface area contributed by atoms with Crippen molar-refractivity contribution in [2.24, 2.45) is 0 Å². The Morgan fingerprint density at radius 3 is 1.90 bits per heavy atom. The van der Waals surface area contributed by atoms with E-state index in [1.54, 1.807) is 7.05 Å². The highest BCUT2D eigenvalue weighted by atomic mass is 32.2. The first-order valence-electron chi connectivity index (χ1n) is 10.6. The van der Waals surface area contributed by atoms with E-state index in [-0.39, 0.29) is 17.8 Å². The lowest BCUT2D eigenvalue weighted by atomic mass is 9.82. The molecule has 0 heterocycles. The molecule has 14 nitrogen and oxygen atoms in total. The van der Waals surface area contributed by atoms with E-state index in [2.05, 4.69) is 10.6 Å². The number of nitrogens with two attached hydrogens (primary N) is 1. The van der Waals surface area contributed by atoms with Crippen molar-refractivity contribution >= 4 is 59.0 Å². The third kappa shape index (κ3) is 5.15. The third-order valence-electron chi connectivity index (χ3n) is 5.81. The molecule has 39 heavy (non-hydrogen) atoms. The zero-order valence-corrected chi connectivity index (χ0v) is 22.1. The van der Waals surface area contributed by atoms with Gasteiger partial charge in [-0.05, 0) is 49.0 Å². The number of anilines is 3. The van der Waals surface area contributed by atoms with Crippen molar-refractivity contribution in [1.82, 2.24) is 5.32 Å². The maximum absolute atomic E-state index is 13.5. The SMILES string of the molecule is CNCc1ccc(Nc2cc(S(=O)(=O)O)c(N)c3c2C(=O)c2ccc(S(=O)(=O)O)cc2C3=O)c(S(=O)(=O)O)c1. The number of carbonyl (C=O) groups is 2. The Bertz CT molecular complexity index is 1920. The van der Waals surface area contributed by atoms with E-state index in [1.165, 1.54) is 12.1 Å². The Labute approximate surface area is 222 Å². The second-order valence-corrected chi connectivity index (χ2v) is 12.6. The van der Waals surface area contributed by atoms with Crippen LogP contribution in [-0.4, -0.2) is 57.5 Å². The van der Waals surface area contributed by atoms with Crippen molar-refractivity contribution in [2.45, 2.75) is 21.2 Å². The topological polar surface area (TPSA) is 247 Å². The summed E-state index contributed by atoms with van der Waals surface area (Å²) in [4.78, 5) is 24.5. The van der Waals surface area contributed by atoms with Gasteiger partial charge < -0.3 is 16.4 Å². The normalized spacial score (nSPS) is 13.6. The number of carbonyl (C=O) groups excluding carboxylic acids is 2. The lowest BCUT2D eigenvalue weighted by Crippen LogP contribution is -2.25. The molecule has 0 amide bonds. The van der Waals surface area contributed by atoms with E-state index in [1.807, 2.05) is 0 Å². The Morgan fingerprint density at radius 2 is 1.33 bits per heavy atom. The van der Waals surface area contributed by atoms with Gasteiger partial charge >= 0.3 is 0 Å². The van der Waals surface area contributed by atoms with Gasteiger partial charge in [-0.1, -0.05) is 6.07 Å². The fourth-order valence-electron chi connectivity index (χ4n) is 4.14. The minimum atomic E-state index is -5.12. The number of rotatable bonds is 7. The maximum Gasteiger partial charge on any atom is 0.296 e. The van der Waals surface area contributed by atoms with Gasteiger partial charge in [0.25, 0.3) is 30.4 Å². The van der Waals surface area contributed by atoms with Crippen LogP contribution in [-0.2, 0) is 36.9 Å². The van der Waals surface area contributed by atoms with Gasteiger partial charge in [-0.15, -0.1) is 0 Å². The Hall–Kier alpha value is -3.71. The van der Waals surface area contributed by atoms with Gasteiger partial charge in [-0.3, -0.25) is 23.2 Å². The number of fused-ring (bicyclic) bond motifs is 2. The fourth-order valence-corrected chi connectivity index (χ4v) is 5.99. The molecular formula is C22H19N3O11S3. The molecule has 3 aromatic rings. The second-order valence-electron chi connectivity index (χ2n) is 8.36. The summed E-state index contributed by atoms with van der Waals surface area (Å²) in [5.41, 5.74) is 2.60. The standard InChI is InChI=1S/C22H19N3O11S3/c1-24-9-10-2-5-14(16(6-10)38(31,32)33)25-15-8-17(39(34,35)36)20(23)19-18(15)21(26)12-4-3-11(37(28,29)30)7-13(12)22(19)27/h2-8,24-25H,9,23H2,1H3,(H,28,29,30)(H,31,32,33)(H,34,35,36). The van der Waals surface area contributed by atoms with Crippen LogP contribution in [0.15, 0.2) is 57.2 Å². The summed E-state index contributed by atoms with van der Waals surface area (Å²) < 4.78 is 100. The van der Waals surface area contributed by atoms with E-state index in [4.69, 9.17) is 5.73 Å². The lowest BCUT2D eigenvalue weighted by molar-refractivity contribution is 0.0980. The monoisotopic (exact) mass is 597 g/mol.